The third-order valence-corrected chi connectivity index (χ3v) is 2.63. The molecular formula is C12H12F3NO3. The van der Waals surface area contributed by atoms with Gasteiger partial charge in [-0.25, -0.2) is 4.79 Å². The Labute approximate surface area is 107 Å². The Kier molecular flexibility index (Phi) is 3.82. The molecule has 1 aromatic rings. The highest BCUT2D eigenvalue weighted by molar-refractivity contribution is 5.70. The SMILES string of the molecule is O=C(Oc1ccc(OC(F)(F)F)cc1)N1CCCC1. The number of alkyl halides is 3. The maximum absolute atomic E-state index is 11.9. The van der Waals surface area contributed by atoms with Gasteiger partial charge in [-0.15, -0.1) is 13.2 Å². The van der Waals surface area contributed by atoms with Crippen LogP contribution in [0.3, 0.4) is 0 Å². The van der Waals surface area contributed by atoms with E-state index in [1.807, 2.05) is 0 Å². The fourth-order valence-corrected chi connectivity index (χ4v) is 1.77. The summed E-state index contributed by atoms with van der Waals surface area (Å²) in [6, 6.07) is 4.71. The van der Waals surface area contributed by atoms with Gasteiger partial charge in [0.05, 0.1) is 0 Å². The molecule has 1 saturated heterocycles. The van der Waals surface area contributed by atoms with Crippen molar-refractivity contribution in [3.63, 3.8) is 0 Å². The summed E-state index contributed by atoms with van der Waals surface area (Å²) in [5.74, 6) is -0.167. The van der Waals surface area contributed by atoms with E-state index in [2.05, 4.69) is 4.74 Å². The number of carbonyl (C=O) groups excluding carboxylic acids is 1. The van der Waals surface area contributed by atoms with Crippen molar-refractivity contribution in [3.05, 3.63) is 24.3 Å². The van der Waals surface area contributed by atoms with Crippen LogP contribution in [0, 0.1) is 0 Å². The molecule has 1 aliphatic heterocycles. The van der Waals surface area contributed by atoms with Crippen LogP contribution in [0.2, 0.25) is 0 Å². The molecule has 1 amide bonds. The predicted octanol–water partition coefficient (Wildman–Crippen LogP) is 3.18. The van der Waals surface area contributed by atoms with Crippen molar-refractivity contribution in [2.75, 3.05) is 13.1 Å². The molecule has 104 valence electrons. The molecule has 0 N–H and O–H groups in total. The van der Waals surface area contributed by atoms with Crippen molar-refractivity contribution >= 4 is 6.09 Å². The Hall–Kier alpha value is -1.92. The zero-order valence-electron chi connectivity index (χ0n) is 9.94. The van der Waals surface area contributed by atoms with E-state index in [1.165, 1.54) is 12.1 Å². The molecule has 0 saturated carbocycles. The average molecular weight is 275 g/mol. The monoisotopic (exact) mass is 275 g/mol. The summed E-state index contributed by atoms with van der Waals surface area (Å²) in [7, 11) is 0. The number of halogens is 3. The van der Waals surface area contributed by atoms with E-state index < -0.39 is 12.5 Å². The van der Waals surface area contributed by atoms with Crippen molar-refractivity contribution in [1.82, 2.24) is 4.90 Å². The van der Waals surface area contributed by atoms with Crippen molar-refractivity contribution in [2.24, 2.45) is 0 Å². The molecule has 1 fully saturated rings. The highest BCUT2D eigenvalue weighted by atomic mass is 19.4. The van der Waals surface area contributed by atoms with E-state index in [0.717, 1.165) is 25.0 Å². The van der Waals surface area contributed by atoms with Gasteiger partial charge in [0.1, 0.15) is 11.5 Å². The minimum absolute atomic E-state index is 0.187. The third-order valence-electron chi connectivity index (χ3n) is 2.63. The second-order valence-corrected chi connectivity index (χ2v) is 4.08. The lowest BCUT2D eigenvalue weighted by Gasteiger charge is -2.15. The van der Waals surface area contributed by atoms with E-state index in [1.54, 1.807) is 4.90 Å². The lowest BCUT2D eigenvalue weighted by atomic mass is 10.3. The van der Waals surface area contributed by atoms with Crippen molar-refractivity contribution in [1.29, 1.82) is 0 Å². The van der Waals surface area contributed by atoms with E-state index in [4.69, 9.17) is 4.74 Å². The molecule has 4 nitrogen and oxygen atoms in total. The van der Waals surface area contributed by atoms with Gasteiger partial charge in [0.25, 0.3) is 0 Å². The Morgan fingerprint density at radius 3 is 2.11 bits per heavy atom. The van der Waals surface area contributed by atoms with Gasteiger partial charge in [-0.1, -0.05) is 0 Å². The van der Waals surface area contributed by atoms with Gasteiger partial charge in [0.2, 0.25) is 0 Å². The van der Waals surface area contributed by atoms with Crippen LogP contribution in [-0.2, 0) is 0 Å². The second-order valence-electron chi connectivity index (χ2n) is 4.08. The molecule has 19 heavy (non-hydrogen) atoms. The van der Waals surface area contributed by atoms with Crippen LogP contribution in [0.5, 0.6) is 11.5 Å². The van der Waals surface area contributed by atoms with Crippen LogP contribution < -0.4 is 9.47 Å². The molecule has 0 unspecified atom stereocenters. The molecule has 1 aromatic carbocycles. The molecule has 7 heteroatoms. The average Bonchev–Trinajstić information content (AvgIpc) is 2.83. The Bertz CT molecular complexity index is 439. The molecule has 0 spiro atoms. The molecule has 0 atom stereocenters. The minimum Gasteiger partial charge on any atom is -0.410 e. The van der Waals surface area contributed by atoms with Gasteiger partial charge in [-0.2, -0.15) is 0 Å². The van der Waals surface area contributed by atoms with Crippen molar-refractivity contribution in [3.8, 4) is 11.5 Å². The third kappa shape index (κ3) is 4.04. The maximum Gasteiger partial charge on any atom is 0.573 e. The maximum atomic E-state index is 11.9. The number of benzene rings is 1. The lowest BCUT2D eigenvalue weighted by molar-refractivity contribution is -0.274. The fraction of sp³-hybridized carbons (Fsp3) is 0.417. The summed E-state index contributed by atoms with van der Waals surface area (Å²) in [6.45, 7) is 1.29. The Balaban J connectivity index is 1.93. The Morgan fingerprint density at radius 2 is 1.58 bits per heavy atom. The minimum atomic E-state index is -4.73. The number of nitrogens with zero attached hydrogens (tertiary/aromatic N) is 1. The van der Waals surface area contributed by atoms with Crippen LogP contribution in [0.25, 0.3) is 0 Å². The van der Waals surface area contributed by atoms with Gasteiger partial charge < -0.3 is 14.4 Å². The molecule has 2 rings (SSSR count). The molecule has 0 aliphatic carbocycles. The van der Waals surface area contributed by atoms with Gasteiger partial charge in [0.15, 0.2) is 0 Å². The largest absolute Gasteiger partial charge is 0.573 e. The topological polar surface area (TPSA) is 38.8 Å². The zero-order valence-corrected chi connectivity index (χ0v) is 9.94. The van der Waals surface area contributed by atoms with Crippen LogP contribution in [-0.4, -0.2) is 30.4 Å². The van der Waals surface area contributed by atoms with Gasteiger partial charge >= 0.3 is 12.5 Å². The van der Waals surface area contributed by atoms with Gasteiger partial charge in [0, 0.05) is 13.1 Å². The van der Waals surface area contributed by atoms with Crippen LogP contribution >= 0.6 is 0 Å². The summed E-state index contributed by atoms with van der Waals surface area (Å²) in [6.07, 6.45) is -3.34. The van der Waals surface area contributed by atoms with Crippen LogP contribution in [0.1, 0.15) is 12.8 Å². The van der Waals surface area contributed by atoms with E-state index in [0.29, 0.717) is 13.1 Å². The normalized spacial score (nSPS) is 15.4. The summed E-state index contributed by atoms with van der Waals surface area (Å²) in [4.78, 5) is 13.2. The summed E-state index contributed by atoms with van der Waals surface area (Å²) in [5, 5.41) is 0. The summed E-state index contributed by atoms with van der Waals surface area (Å²) in [5.41, 5.74) is 0. The number of amides is 1. The first kappa shape index (κ1) is 13.5. The van der Waals surface area contributed by atoms with E-state index >= 15 is 0 Å². The number of carbonyl (C=O) groups is 1. The number of ether oxygens (including phenoxy) is 2. The Morgan fingerprint density at radius 1 is 1.05 bits per heavy atom. The standard InChI is InChI=1S/C12H12F3NO3/c13-12(14,15)19-10-5-3-9(4-6-10)18-11(17)16-7-1-2-8-16/h3-6H,1-2,7-8H2. The smallest absolute Gasteiger partial charge is 0.410 e. The molecule has 0 aromatic heterocycles. The quantitative estimate of drug-likeness (QED) is 0.832. The number of hydrogen-bond donors (Lipinski definition) is 0. The number of hydrogen-bond acceptors (Lipinski definition) is 3. The zero-order chi connectivity index (χ0) is 13.9. The first-order valence-corrected chi connectivity index (χ1v) is 5.76. The number of likely N-dealkylation sites (tertiary alicyclic amines) is 1. The first-order valence-electron chi connectivity index (χ1n) is 5.76. The molecule has 0 bridgehead atoms. The second kappa shape index (κ2) is 5.38. The van der Waals surface area contributed by atoms with Gasteiger partial charge in [-0.3, -0.25) is 0 Å². The van der Waals surface area contributed by atoms with Crippen LogP contribution in [0.4, 0.5) is 18.0 Å². The molecular weight excluding hydrogens is 263 g/mol. The summed E-state index contributed by atoms with van der Waals surface area (Å²) < 4.78 is 44.6. The summed E-state index contributed by atoms with van der Waals surface area (Å²) >= 11 is 0. The van der Waals surface area contributed by atoms with Crippen molar-refractivity contribution < 1.29 is 27.4 Å². The molecule has 0 radical (unpaired) electrons. The molecule has 1 aliphatic rings. The predicted molar refractivity (Wildman–Crippen MR) is 60.0 cm³/mol. The lowest BCUT2D eigenvalue weighted by Crippen LogP contribution is -2.30. The number of rotatable bonds is 2. The van der Waals surface area contributed by atoms with E-state index in [9.17, 15) is 18.0 Å². The van der Waals surface area contributed by atoms with Gasteiger partial charge in [-0.05, 0) is 37.1 Å². The van der Waals surface area contributed by atoms with Crippen LogP contribution in [0.15, 0.2) is 24.3 Å². The highest BCUT2D eigenvalue weighted by Gasteiger charge is 2.31. The fourth-order valence-electron chi connectivity index (χ4n) is 1.77. The van der Waals surface area contributed by atoms with Crippen molar-refractivity contribution in [2.45, 2.75) is 19.2 Å². The first-order chi connectivity index (χ1) is 8.94. The van der Waals surface area contributed by atoms with E-state index in [-0.39, 0.29) is 11.5 Å². The highest BCUT2D eigenvalue weighted by Crippen LogP contribution is 2.25. The molecule has 1 heterocycles.